The zero-order chi connectivity index (χ0) is 9.19. The molecule has 1 atom stereocenters. The fraction of sp³-hybridized carbons (Fsp3) is 0.600. The summed E-state index contributed by atoms with van der Waals surface area (Å²) in [5.74, 6) is -0.459. The number of hydrazone groups is 1. The van der Waals surface area contributed by atoms with Crippen molar-refractivity contribution in [2.75, 3.05) is 6.26 Å². The molecule has 1 amide bonds. The molecule has 0 spiro atoms. The molecule has 0 aromatic rings. The van der Waals surface area contributed by atoms with Gasteiger partial charge in [0.15, 0.2) is 0 Å². The van der Waals surface area contributed by atoms with Crippen LogP contribution >= 0.6 is 0 Å². The Hall–Kier alpha value is -0.950. The van der Waals surface area contributed by atoms with Gasteiger partial charge in [0.1, 0.15) is 6.04 Å². The van der Waals surface area contributed by atoms with E-state index in [4.69, 9.17) is 0 Å². The molecule has 0 bridgehead atoms. The van der Waals surface area contributed by atoms with Crippen molar-refractivity contribution >= 4 is 22.1 Å². The van der Waals surface area contributed by atoms with E-state index in [0.29, 0.717) is 0 Å². The van der Waals surface area contributed by atoms with E-state index in [1.165, 1.54) is 0 Å². The molecule has 1 aliphatic rings. The first kappa shape index (κ1) is 9.14. The monoisotopic (exact) mass is 190 g/mol. The highest BCUT2D eigenvalue weighted by Gasteiger charge is 2.23. The van der Waals surface area contributed by atoms with Gasteiger partial charge in [0.2, 0.25) is 10.0 Å². The van der Waals surface area contributed by atoms with Crippen LogP contribution in [0, 0.1) is 0 Å². The summed E-state index contributed by atoms with van der Waals surface area (Å²) in [7, 11) is -3.35. The highest BCUT2D eigenvalue weighted by Crippen LogP contribution is 1.96. The van der Waals surface area contributed by atoms with Crippen molar-refractivity contribution in [2.24, 2.45) is 5.10 Å². The number of hydrogen-bond acceptors (Lipinski definition) is 4. The highest BCUT2D eigenvalue weighted by atomic mass is 32.2. The predicted molar refractivity (Wildman–Crippen MR) is 42.0 cm³/mol. The topological polar surface area (TPSA) is 87.6 Å². The summed E-state index contributed by atoms with van der Waals surface area (Å²) in [6.45, 7) is 0. The standard InChI is InChI=1S/C5H8N3O3S/c1-12(10,11)8-4-2-3-6-7-5(4)9/h4,8H,2H2,1H3,(H,7,9). The van der Waals surface area contributed by atoms with Gasteiger partial charge in [0.05, 0.1) is 12.5 Å². The smallest absolute Gasteiger partial charge is 0.258 e. The van der Waals surface area contributed by atoms with Gasteiger partial charge in [-0.25, -0.2) is 18.6 Å². The Morgan fingerprint density at radius 2 is 2.42 bits per heavy atom. The van der Waals surface area contributed by atoms with Gasteiger partial charge < -0.3 is 0 Å². The third-order valence-electron chi connectivity index (χ3n) is 1.21. The number of amides is 1. The lowest BCUT2D eigenvalue weighted by Gasteiger charge is -2.15. The van der Waals surface area contributed by atoms with Crippen molar-refractivity contribution < 1.29 is 13.2 Å². The Morgan fingerprint density at radius 1 is 1.75 bits per heavy atom. The number of carbonyl (C=O) groups excluding carboxylic acids is 1. The van der Waals surface area contributed by atoms with E-state index in [9.17, 15) is 13.2 Å². The second kappa shape index (κ2) is 3.20. The number of hydrogen-bond donors (Lipinski definition) is 2. The van der Waals surface area contributed by atoms with E-state index in [1.54, 1.807) is 0 Å². The summed E-state index contributed by atoms with van der Waals surface area (Å²) in [6, 6.07) is -0.780. The first-order valence-electron chi connectivity index (χ1n) is 3.19. The third kappa shape index (κ3) is 2.59. The van der Waals surface area contributed by atoms with Gasteiger partial charge in [-0.2, -0.15) is 5.10 Å². The van der Waals surface area contributed by atoms with Gasteiger partial charge >= 0.3 is 0 Å². The summed E-state index contributed by atoms with van der Waals surface area (Å²) >= 11 is 0. The summed E-state index contributed by atoms with van der Waals surface area (Å²) < 4.78 is 23.5. The molecule has 0 saturated carbocycles. The lowest BCUT2D eigenvalue weighted by molar-refractivity contribution is -0.122. The molecule has 0 saturated heterocycles. The van der Waals surface area contributed by atoms with E-state index >= 15 is 0 Å². The Bertz CT molecular complexity index is 308. The van der Waals surface area contributed by atoms with Gasteiger partial charge in [-0.3, -0.25) is 4.79 Å². The minimum absolute atomic E-state index is 0.166. The van der Waals surface area contributed by atoms with E-state index < -0.39 is 22.0 Å². The molecule has 1 heterocycles. The molecule has 12 heavy (non-hydrogen) atoms. The van der Waals surface area contributed by atoms with Gasteiger partial charge in [0.25, 0.3) is 5.91 Å². The van der Waals surface area contributed by atoms with Crippen molar-refractivity contribution in [1.82, 2.24) is 10.1 Å². The second-order valence-electron chi connectivity index (χ2n) is 2.39. The lowest BCUT2D eigenvalue weighted by atomic mass is 10.2. The molecule has 1 unspecified atom stereocenters. The Morgan fingerprint density at radius 3 is 2.92 bits per heavy atom. The molecule has 67 valence electrons. The average Bonchev–Trinajstić information content (AvgIpc) is 1.91. The number of carbonyl (C=O) groups is 1. The number of nitrogens with one attached hydrogen (secondary N) is 2. The molecule has 1 radical (unpaired) electrons. The second-order valence-corrected chi connectivity index (χ2v) is 4.17. The van der Waals surface area contributed by atoms with Crippen molar-refractivity contribution in [3.63, 3.8) is 0 Å². The molecule has 0 aromatic carbocycles. The van der Waals surface area contributed by atoms with Gasteiger partial charge in [-0.1, -0.05) is 0 Å². The van der Waals surface area contributed by atoms with E-state index in [2.05, 4.69) is 21.5 Å². The first-order valence-corrected chi connectivity index (χ1v) is 5.08. The summed E-state index contributed by atoms with van der Waals surface area (Å²) in [4.78, 5) is 10.9. The predicted octanol–water partition coefficient (Wildman–Crippen LogP) is -1.71. The zero-order valence-corrected chi connectivity index (χ0v) is 7.18. The Labute approximate surface area is 70.1 Å². The molecule has 6 nitrogen and oxygen atoms in total. The molecular weight excluding hydrogens is 182 g/mol. The molecule has 1 rings (SSSR count). The van der Waals surface area contributed by atoms with Crippen molar-refractivity contribution in [1.29, 1.82) is 0 Å². The normalized spacial score (nSPS) is 23.8. The SMILES string of the molecule is CS(=O)(=O)NC1C[C]=NNC1=O. The summed E-state index contributed by atoms with van der Waals surface area (Å²) in [5, 5.41) is 3.35. The molecule has 0 aromatic heterocycles. The lowest BCUT2D eigenvalue weighted by Crippen LogP contribution is -2.47. The maximum atomic E-state index is 10.9. The fourth-order valence-electron chi connectivity index (χ4n) is 0.756. The van der Waals surface area contributed by atoms with E-state index in [1.807, 2.05) is 0 Å². The minimum atomic E-state index is -3.35. The quantitative estimate of drug-likeness (QED) is 0.543. The van der Waals surface area contributed by atoms with E-state index in [0.717, 1.165) is 6.26 Å². The van der Waals surface area contributed by atoms with E-state index in [-0.39, 0.29) is 6.42 Å². The molecule has 0 aliphatic carbocycles. The van der Waals surface area contributed by atoms with Gasteiger partial charge in [-0.05, 0) is 0 Å². The number of nitrogens with zero attached hydrogens (tertiary/aromatic N) is 1. The van der Waals surface area contributed by atoms with Crippen LogP contribution in [0.5, 0.6) is 0 Å². The first-order chi connectivity index (χ1) is 5.49. The maximum Gasteiger partial charge on any atom is 0.258 e. The number of rotatable bonds is 2. The average molecular weight is 190 g/mol. The molecule has 2 N–H and O–H groups in total. The highest BCUT2D eigenvalue weighted by molar-refractivity contribution is 7.88. The van der Waals surface area contributed by atoms with Crippen LogP contribution in [0.25, 0.3) is 0 Å². The Kier molecular flexibility index (Phi) is 2.43. The molecule has 7 heteroatoms. The van der Waals surface area contributed by atoms with Crippen LogP contribution in [0.2, 0.25) is 0 Å². The Balaban J connectivity index is 2.64. The summed E-state index contributed by atoms with van der Waals surface area (Å²) in [6.07, 6.45) is 3.61. The van der Waals surface area contributed by atoms with Crippen LogP contribution in [-0.4, -0.2) is 32.8 Å². The van der Waals surface area contributed by atoms with Gasteiger partial charge in [0, 0.05) is 6.42 Å². The van der Waals surface area contributed by atoms with Crippen LogP contribution in [0.4, 0.5) is 0 Å². The largest absolute Gasteiger partial charge is 0.271 e. The van der Waals surface area contributed by atoms with Crippen LogP contribution < -0.4 is 10.1 Å². The third-order valence-corrected chi connectivity index (χ3v) is 1.93. The van der Waals surface area contributed by atoms with Crippen LogP contribution in [-0.2, 0) is 14.8 Å². The van der Waals surface area contributed by atoms with Crippen LogP contribution in [0.15, 0.2) is 5.10 Å². The minimum Gasteiger partial charge on any atom is -0.271 e. The molecule has 1 aliphatic heterocycles. The van der Waals surface area contributed by atoms with Crippen LogP contribution in [0.1, 0.15) is 6.42 Å². The molecule has 0 fully saturated rings. The maximum absolute atomic E-state index is 10.9. The van der Waals surface area contributed by atoms with Gasteiger partial charge in [-0.15, -0.1) is 0 Å². The molecular formula is C5H8N3O3S. The van der Waals surface area contributed by atoms with Crippen LogP contribution in [0.3, 0.4) is 0 Å². The fourth-order valence-corrected chi connectivity index (χ4v) is 1.46. The summed E-state index contributed by atoms with van der Waals surface area (Å²) in [5.41, 5.74) is 2.10. The van der Waals surface area contributed by atoms with Crippen molar-refractivity contribution in [3.05, 3.63) is 0 Å². The number of sulfonamides is 1. The van der Waals surface area contributed by atoms with Crippen molar-refractivity contribution in [2.45, 2.75) is 12.5 Å². The van der Waals surface area contributed by atoms with Crippen molar-refractivity contribution in [3.8, 4) is 0 Å². The zero-order valence-electron chi connectivity index (χ0n) is 6.36.